The fourth-order valence-electron chi connectivity index (χ4n) is 3.09. The first-order valence-corrected chi connectivity index (χ1v) is 10.5. The summed E-state index contributed by atoms with van der Waals surface area (Å²) in [7, 11) is -1.92. The number of anilines is 1. The van der Waals surface area contributed by atoms with Gasteiger partial charge in [0.25, 0.3) is 0 Å². The minimum Gasteiger partial charge on any atom is -0.497 e. The largest absolute Gasteiger partial charge is 0.497 e. The number of sulfonamides is 1. The van der Waals surface area contributed by atoms with Crippen molar-refractivity contribution in [3.05, 3.63) is 48.5 Å². The zero-order valence-corrected chi connectivity index (χ0v) is 16.8. The fraction of sp³-hybridized carbons (Fsp3) is 0.400. The van der Waals surface area contributed by atoms with Gasteiger partial charge in [-0.25, -0.2) is 8.42 Å². The zero-order valence-electron chi connectivity index (χ0n) is 16.0. The number of hydrogen-bond donors (Lipinski definition) is 0. The van der Waals surface area contributed by atoms with Gasteiger partial charge in [-0.2, -0.15) is 4.31 Å². The Labute approximate surface area is 161 Å². The van der Waals surface area contributed by atoms with Crippen molar-refractivity contribution in [2.75, 3.05) is 38.2 Å². The lowest BCUT2D eigenvalue weighted by molar-refractivity contribution is 0.242. The van der Waals surface area contributed by atoms with Crippen molar-refractivity contribution in [3.8, 4) is 11.5 Å². The van der Waals surface area contributed by atoms with E-state index >= 15 is 0 Å². The summed E-state index contributed by atoms with van der Waals surface area (Å²) in [6, 6.07) is 14.5. The maximum absolute atomic E-state index is 12.8. The van der Waals surface area contributed by atoms with E-state index in [4.69, 9.17) is 9.47 Å². The number of piperazine rings is 1. The molecule has 0 N–H and O–H groups in total. The van der Waals surface area contributed by atoms with Crippen LogP contribution in [0.5, 0.6) is 11.5 Å². The van der Waals surface area contributed by atoms with Crippen LogP contribution in [-0.2, 0) is 10.0 Å². The molecule has 0 radical (unpaired) electrons. The highest BCUT2D eigenvalue weighted by molar-refractivity contribution is 7.89. The van der Waals surface area contributed by atoms with Crippen LogP contribution in [0.4, 0.5) is 5.69 Å². The van der Waals surface area contributed by atoms with Gasteiger partial charge in [-0.1, -0.05) is 0 Å². The second-order valence-corrected chi connectivity index (χ2v) is 8.67. The SMILES string of the molecule is COc1ccc(S(=O)(=O)N2CCN(c3ccc(OC(C)C)cc3)CC2)cc1. The van der Waals surface area contributed by atoms with Crippen LogP contribution in [-0.4, -0.2) is 52.1 Å². The molecule has 1 saturated heterocycles. The molecule has 2 aromatic rings. The number of benzene rings is 2. The van der Waals surface area contributed by atoms with Gasteiger partial charge in [0.15, 0.2) is 0 Å². The molecule has 0 amide bonds. The maximum atomic E-state index is 12.8. The standard InChI is InChI=1S/C20H26N2O4S/c1-16(2)26-19-6-4-17(5-7-19)21-12-14-22(15-13-21)27(23,24)20-10-8-18(25-3)9-11-20/h4-11,16H,12-15H2,1-3H3. The van der Waals surface area contributed by atoms with Gasteiger partial charge in [0.05, 0.1) is 18.1 Å². The molecule has 27 heavy (non-hydrogen) atoms. The highest BCUT2D eigenvalue weighted by Crippen LogP contribution is 2.24. The third-order valence-corrected chi connectivity index (χ3v) is 6.42. The molecule has 0 spiro atoms. The Morgan fingerprint density at radius 1 is 0.852 bits per heavy atom. The predicted octanol–water partition coefficient (Wildman–Crippen LogP) is 2.99. The van der Waals surface area contributed by atoms with Gasteiger partial charge in [-0.3, -0.25) is 0 Å². The molecular weight excluding hydrogens is 364 g/mol. The summed E-state index contributed by atoms with van der Waals surface area (Å²) in [4.78, 5) is 2.49. The predicted molar refractivity (Wildman–Crippen MR) is 106 cm³/mol. The van der Waals surface area contributed by atoms with Gasteiger partial charge in [-0.15, -0.1) is 0 Å². The van der Waals surface area contributed by atoms with Crippen LogP contribution in [0.1, 0.15) is 13.8 Å². The van der Waals surface area contributed by atoms with Crippen molar-refractivity contribution in [1.29, 1.82) is 0 Å². The molecule has 1 fully saturated rings. The van der Waals surface area contributed by atoms with E-state index in [0.29, 0.717) is 36.8 Å². The molecule has 1 aliphatic heterocycles. The summed E-state index contributed by atoms with van der Waals surface area (Å²) in [5, 5.41) is 0. The zero-order chi connectivity index (χ0) is 19.4. The molecule has 1 heterocycles. The molecule has 0 atom stereocenters. The van der Waals surface area contributed by atoms with Crippen LogP contribution in [0.2, 0.25) is 0 Å². The Morgan fingerprint density at radius 2 is 1.41 bits per heavy atom. The summed E-state index contributed by atoms with van der Waals surface area (Å²) in [5.41, 5.74) is 1.08. The van der Waals surface area contributed by atoms with Crippen LogP contribution in [0.25, 0.3) is 0 Å². The smallest absolute Gasteiger partial charge is 0.243 e. The van der Waals surface area contributed by atoms with E-state index in [2.05, 4.69) is 4.90 Å². The van der Waals surface area contributed by atoms with Crippen LogP contribution in [0, 0.1) is 0 Å². The topological polar surface area (TPSA) is 59.1 Å². The van der Waals surface area contributed by atoms with Crippen LogP contribution >= 0.6 is 0 Å². The average molecular weight is 391 g/mol. The number of hydrogen-bond acceptors (Lipinski definition) is 5. The van der Waals surface area contributed by atoms with Gasteiger partial charge in [0.1, 0.15) is 11.5 Å². The molecule has 146 valence electrons. The van der Waals surface area contributed by atoms with Gasteiger partial charge in [0.2, 0.25) is 10.0 Å². The summed E-state index contributed by atoms with van der Waals surface area (Å²) >= 11 is 0. The first kappa shape index (κ1) is 19.5. The molecule has 6 nitrogen and oxygen atoms in total. The number of rotatable bonds is 6. The molecule has 0 aromatic heterocycles. The minimum atomic E-state index is -3.48. The maximum Gasteiger partial charge on any atom is 0.243 e. The lowest BCUT2D eigenvalue weighted by atomic mass is 10.2. The first-order chi connectivity index (χ1) is 12.9. The lowest BCUT2D eigenvalue weighted by Gasteiger charge is -2.35. The van der Waals surface area contributed by atoms with E-state index in [-0.39, 0.29) is 6.10 Å². The molecule has 0 saturated carbocycles. The van der Waals surface area contributed by atoms with Gasteiger partial charge < -0.3 is 14.4 Å². The monoisotopic (exact) mass is 390 g/mol. The molecule has 7 heteroatoms. The lowest BCUT2D eigenvalue weighted by Crippen LogP contribution is -2.48. The minimum absolute atomic E-state index is 0.141. The Morgan fingerprint density at radius 3 is 1.93 bits per heavy atom. The summed E-state index contributed by atoms with van der Waals surface area (Å²) in [6.07, 6.45) is 0.141. The Kier molecular flexibility index (Phi) is 5.92. The van der Waals surface area contributed by atoms with E-state index in [9.17, 15) is 8.42 Å². The molecule has 0 bridgehead atoms. The van der Waals surface area contributed by atoms with E-state index in [1.165, 1.54) is 0 Å². The summed E-state index contributed by atoms with van der Waals surface area (Å²) in [5.74, 6) is 1.48. The Hall–Kier alpha value is -2.25. The molecule has 2 aromatic carbocycles. The molecule has 1 aliphatic rings. The summed E-state index contributed by atoms with van der Waals surface area (Å²) < 4.78 is 38.0. The average Bonchev–Trinajstić information content (AvgIpc) is 2.68. The quantitative estimate of drug-likeness (QED) is 0.759. The molecule has 0 aliphatic carbocycles. The number of ether oxygens (including phenoxy) is 2. The van der Waals surface area contributed by atoms with Crippen LogP contribution in [0.3, 0.4) is 0 Å². The fourth-order valence-corrected chi connectivity index (χ4v) is 4.51. The summed E-state index contributed by atoms with van der Waals surface area (Å²) in [6.45, 7) is 6.21. The third kappa shape index (κ3) is 4.54. The molecule has 3 rings (SSSR count). The third-order valence-electron chi connectivity index (χ3n) is 4.51. The van der Waals surface area contributed by atoms with E-state index in [0.717, 1.165) is 11.4 Å². The van der Waals surface area contributed by atoms with Crippen molar-refractivity contribution in [2.45, 2.75) is 24.8 Å². The first-order valence-electron chi connectivity index (χ1n) is 9.06. The van der Waals surface area contributed by atoms with E-state index in [1.54, 1.807) is 35.7 Å². The van der Waals surface area contributed by atoms with Crippen molar-refractivity contribution in [1.82, 2.24) is 4.31 Å². The Balaban J connectivity index is 1.63. The van der Waals surface area contributed by atoms with Gasteiger partial charge in [0, 0.05) is 31.9 Å². The van der Waals surface area contributed by atoms with E-state index < -0.39 is 10.0 Å². The highest BCUT2D eigenvalue weighted by atomic mass is 32.2. The second-order valence-electron chi connectivity index (χ2n) is 6.73. The Bertz CT molecular complexity index is 841. The highest BCUT2D eigenvalue weighted by Gasteiger charge is 2.28. The van der Waals surface area contributed by atoms with Crippen LogP contribution in [0.15, 0.2) is 53.4 Å². The van der Waals surface area contributed by atoms with Crippen molar-refractivity contribution in [2.24, 2.45) is 0 Å². The van der Waals surface area contributed by atoms with Crippen LogP contribution < -0.4 is 14.4 Å². The van der Waals surface area contributed by atoms with Gasteiger partial charge >= 0.3 is 0 Å². The second kappa shape index (κ2) is 8.19. The normalized spacial score (nSPS) is 15.8. The van der Waals surface area contributed by atoms with Crippen molar-refractivity contribution < 1.29 is 17.9 Å². The van der Waals surface area contributed by atoms with Crippen molar-refractivity contribution >= 4 is 15.7 Å². The molecule has 0 unspecified atom stereocenters. The number of methoxy groups -OCH3 is 1. The number of nitrogens with zero attached hydrogens (tertiary/aromatic N) is 2. The van der Waals surface area contributed by atoms with Gasteiger partial charge in [-0.05, 0) is 62.4 Å². The molecular formula is C20H26N2O4S. The van der Waals surface area contributed by atoms with E-state index in [1.807, 2.05) is 38.1 Å². The van der Waals surface area contributed by atoms with Crippen molar-refractivity contribution in [3.63, 3.8) is 0 Å².